The summed E-state index contributed by atoms with van der Waals surface area (Å²) in [6, 6.07) is 12.2. The van der Waals surface area contributed by atoms with E-state index in [4.69, 9.17) is 19.4 Å². The lowest BCUT2D eigenvalue weighted by molar-refractivity contribution is 0.288. The van der Waals surface area contributed by atoms with Gasteiger partial charge in [-0.05, 0) is 53.1 Å². The van der Waals surface area contributed by atoms with Crippen LogP contribution in [0.2, 0.25) is 0 Å². The highest BCUT2D eigenvalue weighted by Crippen LogP contribution is 2.36. The number of fused-ring (bicyclic) bond motifs is 1. The average molecular weight is 478 g/mol. The Morgan fingerprint density at radius 2 is 1.74 bits per heavy atom. The van der Waals surface area contributed by atoms with Crippen molar-refractivity contribution in [1.82, 2.24) is 19.9 Å². The molecule has 2 heterocycles. The zero-order valence-electron chi connectivity index (χ0n) is 20.4. The van der Waals surface area contributed by atoms with Gasteiger partial charge >= 0.3 is 0 Å². The lowest BCUT2D eigenvalue weighted by Crippen LogP contribution is -2.16. The van der Waals surface area contributed by atoms with Crippen LogP contribution in [0.25, 0.3) is 22.2 Å². The number of aromatic nitrogens is 3. The van der Waals surface area contributed by atoms with E-state index in [0.29, 0.717) is 24.7 Å². The molecule has 8 heteroatoms. The van der Waals surface area contributed by atoms with Crippen molar-refractivity contribution in [3.63, 3.8) is 0 Å². The summed E-state index contributed by atoms with van der Waals surface area (Å²) in [4.78, 5) is 16.5. The van der Waals surface area contributed by atoms with Crippen molar-refractivity contribution in [2.75, 3.05) is 39.2 Å². The topological polar surface area (TPSA) is 72.4 Å². The molecular weight excluding hydrogens is 446 g/mol. The highest BCUT2D eigenvalue weighted by molar-refractivity contribution is 7.09. The summed E-state index contributed by atoms with van der Waals surface area (Å²) in [6.45, 7) is 7.91. The number of hydrogen-bond donors (Lipinski definition) is 1. The Morgan fingerprint density at radius 1 is 0.971 bits per heavy atom. The van der Waals surface area contributed by atoms with Gasteiger partial charge in [0, 0.05) is 41.0 Å². The minimum Gasteiger partial charge on any atom is -0.490 e. The molecule has 7 nitrogen and oxygen atoms in total. The number of benzene rings is 2. The van der Waals surface area contributed by atoms with E-state index < -0.39 is 0 Å². The summed E-state index contributed by atoms with van der Waals surface area (Å²) >= 11 is 1.65. The lowest BCUT2D eigenvalue weighted by atomic mass is 10.1. The number of nitrogens with zero attached hydrogens (tertiary/aromatic N) is 4. The molecule has 0 aliphatic heterocycles. The van der Waals surface area contributed by atoms with Crippen LogP contribution >= 0.6 is 11.3 Å². The van der Waals surface area contributed by atoms with Crippen molar-refractivity contribution in [2.24, 2.45) is 0 Å². The summed E-state index contributed by atoms with van der Waals surface area (Å²) in [5, 5.41) is 7.54. The number of likely N-dealkylation sites (N-methyl/N-ethyl adjacent to an activating group) is 1. The molecule has 0 saturated carbocycles. The standard InChI is InChI=1S/C26H31N5O2S/c1-6-32-23-14-20-21(15-24(23)33-7-2)29-25(11-12-31(4)5)30-26(20)28-19-10-8-9-18(13-19)22-16-34-17(3)27-22/h8-10,13-16H,6-7,11-12H2,1-5H3,(H,28,29,30). The summed E-state index contributed by atoms with van der Waals surface area (Å²) < 4.78 is 11.7. The Hall–Kier alpha value is -3.23. The number of hydrogen-bond acceptors (Lipinski definition) is 8. The summed E-state index contributed by atoms with van der Waals surface area (Å²) in [5.41, 5.74) is 3.80. The SMILES string of the molecule is CCOc1cc2nc(CCN(C)C)nc(Nc3cccc(-c4csc(C)n4)c3)c2cc1OCC. The molecule has 0 radical (unpaired) electrons. The number of rotatable bonds is 10. The minimum atomic E-state index is 0.547. The average Bonchev–Trinajstić information content (AvgIpc) is 3.25. The largest absolute Gasteiger partial charge is 0.490 e. The van der Waals surface area contributed by atoms with Crippen molar-refractivity contribution in [3.8, 4) is 22.8 Å². The summed E-state index contributed by atoms with van der Waals surface area (Å²) in [7, 11) is 4.10. The third-order valence-corrected chi connectivity index (χ3v) is 6.00. The molecule has 0 fully saturated rings. The normalized spacial score (nSPS) is 11.2. The van der Waals surface area contributed by atoms with E-state index in [1.54, 1.807) is 11.3 Å². The Labute approximate surface area is 204 Å². The quantitative estimate of drug-likeness (QED) is 0.314. The molecule has 4 aromatic rings. The molecule has 0 unspecified atom stereocenters. The van der Waals surface area contributed by atoms with Gasteiger partial charge in [0.15, 0.2) is 11.5 Å². The van der Waals surface area contributed by atoms with Gasteiger partial charge in [0.1, 0.15) is 11.6 Å². The van der Waals surface area contributed by atoms with Crippen molar-refractivity contribution >= 4 is 33.7 Å². The van der Waals surface area contributed by atoms with Gasteiger partial charge in [-0.15, -0.1) is 11.3 Å². The van der Waals surface area contributed by atoms with Crippen LogP contribution in [0.1, 0.15) is 24.7 Å². The van der Waals surface area contributed by atoms with Gasteiger partial charge in [0.05, 0.1) is 29.4 Å². The fraction of sp³-hybridized carbons (Fsp3) is 0.346. The predicted octanol–water partition coefficient (Wildman–Crippen LogP) is 5.71. The molecule has 0 saturated heterocycles. The van der Waals surface area contributed by atoms with E-state index in [1.807, 2.05) is 59.1 Å². The second-order valence-electron chi connectivity index (χ2n) is 8.18. The molecule has 0 aliphatic rings. The van der Waals surface area contributed by atoms with Crippen LogP contribution in [0.15, 0.2) is 41.8 Å². The first-order valence-corrected chi connectivity index (χ1v) is 12.4. The van der Waals surface area contributed by atoms with Gasteiger partial charge in [-0.3, -0.25) is 0 Å². The molecule has 0 spiro atoms. The maximum Gasteiger partial charge on any atom is 0.163 e. The third kappa shape index (κ3) is 5.63. The van der Waals surface area contributed by atoms with Gasteiger partial charge in [-0.2, -0.15) is 0 Å². The molecular formula is C26H31N5O2S. The highest BCUT2D eigenvalue weighted by Gasteiger charge is 2.15. The van der Waals surface area contributed by atoms with Gasteiger partial charge in [-0.1, -0.05) is 12.1 Å². The summed E-state index contributed by atoms with van der Waals surface area (Å²) in [6.07, 6.45) is 0.743. The van der Waals surface area contributed by atoms with Crippen molar-refractivity contribution < 1.29 is 9.47 Å². The van der Waals surface area contributed by atoms with Crippen LogP contribution < -0.4 is 14.8 Å². The smallest absolute Gasteiger partial charge is 0.163 e. The van der Waals surface area contributed by atoms with Crippen molar-refractivity contribution in [1.29, 1.82) is 0 Å². The Balaban J connectivity index is 1.78. The molecule has 34 heavy (non-hydrogen) atoms. The predicted molar refractivity (Wildman–Crippen MR) is 140 cm³/mol. The number of anilines is 2. The van der Waals surface area contributed by atoms with Gasteiger partial charge in [0.25, 0.3) is 0 Å². The first-order chi connectivity index (χ1) is 16.5. The van der Waals surface area contributed by atoms with Crippen LogP contribution in [-0.2, 0) is 6.42 Å². The molecule has 1 N–H and O–H groups in total. The fourth-order valence-electron chi connectivity index (χ4n) is 3.64. The van der Waals surface area contributed by atoms with E-state index in [9.17, 15) is 0 Å². The Morgan fingerprint density at radius 3 is 2.41 bits per heavy atom. The van der Waals surface area contributed by atoms with Crippen LogP contribution in [-0.4, -0.2) is 53.7 Å². The maximum atomic E-state index is 5.87. The highest BCUT2D eigenvalue weighted by atomic mass is 32.1. The molecule has 2 aromatic heterocycles. The van der Waals surface area contributed by atoms with E-state index in [0.717, 1.165) is 57.5 Å². The van der Waals surface area contributed by atoms with E-state index in [2.05, 4.69) is 32.7 Å². The summed E-state index contributed by atoms with van der Waals surface area (Å²) in [5.74, 6) is 2.91. The molecule has 0 aliphatic carbocycles. The molecule has 2 aromatic carbocycles. The van der Waals surface area contributed by atoms with Crippen LogP contribution in [0.3, 0.4) is 0 Å². The van der Waals surface area contributed by atoms with Crippen molar-refractivity contribution in [2.45, 2.75) is 27.2 Å². The first kappa shape index (κ1) is 23.9. The van der Waals surface area contributed by atoms with E-state index in [-0.39, 0.29) is 0 Å². The van der Waals surface area contributed by atoms with Crippen LogP contribution in [0, 0.1) is 6.92 Å². The monoisotopic (exact) mass is 477 g/mol. The van der Waals surface area contributed by atoms with Gasteiger partial charge in [0.2, 0.25) is 0 Å². The fourth-order valence-corrected chi connectivity index (χ4v) is 4.26. The second kappa shape index (κ2) is 10.8. The van der Waals surface area contributed by atoms with E-state index >= 15 is 0 Å². The number of aryl methyl sites for hydroxylation is 1. The zero-order chi connectivity index (χ0) is 24.1. The van der Waals surface area contributed by atoms with E-state index in [1.165, 1.54) is 0 Å². The van der Waals surface area contributed by atoms with Crippen LogP contribution in [0.4, 0.5) is 11.5 Å². The third-order valence-electron chi connectivity index (χ3n) is 5.23. The zero-order valence-corrected chi connectivity index (χ0v) is 21.2. The molecule has 0 bridgehead atoms. The Bertz CT molecular complexity index is 1270. The number of nitrogens with one attached hydrogen (secondary N) is 1. The minimum absolute atomic E-state index is 0.547. The van der Waals surface area contributed by atoms with Gasteiger partial charge < -0.3 is 19.7 Å². The molecule has 4 rings (SSSR count). The molecule has 0 atom stereocenters. The molecule has 178 valence electrons. The van der Waals surface area contributed by atoms with Crippen molar-refractivity contribution in [3.05, 3.63) is 52.6 Å². The van der Waals surface area contributed by atoms with Crippen LogP contribution in [0.5, 0.6) is 11.5 Å². The maximum absolute atomic E-state index is 5.87. The number of ether oxygens (including phenoxy) is 2. The Kier molecular flexibility index (Phi) is 7.59. The second-order valence-corrected chi connectivity index (χ2v) is 9.24. The molecule has 0 amide bonds. The first-order valence-electron chi connectivity index (χ1n) is 11.5. The van der Waals surface area contributed by atoms with Gasteiger partial charge in [-0.25, -0.2) is 15.0 Å². The lowest BCUT2D eigenvalue weighted by Gasteiger charge is -2.16. The number of thiazole rings is 1.